The van der Waals surface area contributed by atoms with Gasteiger partial charge in [-0.15, -0.1) is 0 Å². The Kier molecular flexibility index (Phi) is 6.93. The summed E-state index contributed by atoms with van der Waals surface area (Å²) in [4.78, 5) is 0. The smallest absolute Gasteiger partial charge is 0.0541 e. The second-order valence-corrected chi connectivity index (χ2v) is 14.9. The molecule has 0 bridgehead atoms. The van der Waals surface area contributed by atoms with Gasteiger partial charge in [-0.05, 0) is 95.6 Å². The van der Waals surface area contributed by atoms with Crippen LogP contribution >= 0.6 is 0 Å². The molecular weight excluding hydrogens is 691 g/mol. The highest BCUT2D eigenvalue weighted by molar-refractivity contribution is 6.13. The number of hydrogen-bond donors (Lipinski definition) is 0. The quantitative estimate of drug-likeness (QED) is 0.168. The van der Waals surface area contributed by atoms with E-state index < -0.39 is 0 Å². The molecule has 0 N–H and O–H groups in total. The highest BCUT2D eigenvalue weighted by atomic mass is 15.0. The van der Waals surface area contributed by atoms with Gasteiger partial charge in [0.1, 0.15) is 0 Å². The minimum atomic E-state index is 1.14. The zero-order valence-electron chi connectivity index (χ0n) is 31.0. The van der Waals surface area contributed by atoms with Gasteiger partial charge in [0.05, 0.1) is 38.8 Å². The Morgan fingerprint density at radius 2 is 0.614 bits per heavy atom. The number of benzene rings is 9. The fourth-order valence-corrected chi connectivity index (χ4v) is 9.32. The van der Waals surface area contributed by atoms with Crippen molar-refractivity contribution >= 4 is 65.4 Å². The van der Waals surface area contributed by atoms with Crippen LogP contribution in [0.1, 0.15) is 0 Å². The van der Waals surface area contributed by atoms with Crippen LogP contribution in [0.25, 0.3) is 105 Å². The van der Waals surface area contributed by atoms with Crippen molar-refractivity contribution < 1.29 is 0 Å². The van der Waals surface area contributed by atoms with Crippen LogP contribution in [0, 0.1) is 0 Å². The van der Waals surface area contributed by atoms with E-state index in [1.54, 1.807) is 0 Å². The van der Waals surface area contributed by atoms with Gasteiger partial charge >= 0.3 is 0 Å². The largest absolute Gasteiger partial charge is 0.309 e. The molecule has 57 heavy (non-hydrogen) atoms. The maximum absolute atomic E-state index is 2.42. The van der Waals surface area contributed by atoms with E-state index in [0.717, 1.165) is 5.69 Å². The Hall–Kier alpha value is -7.62. The Labute approximate surface area is 329 Å². The lowest BCUT2D eigenvalue weighted by Crippen LogP contribution is -1.97. The number of para-hydroxylation sites is 6. The van der Waals surface area contributed by atoms with Crippen molar-refractivity contribution in [2.75, 3.05) is 0 Å². The average molecular weight is 726 g/mol. The van der Waals surface area contributed by atoms with Crippen LogP contribution in [0.15, 0.2) is 212 Å². The summed E-state index contributed by atoms with van der Waals surface area (Å²) in [5.41, 5.74) is 15.5. The van der Waals surface area contributed by atoms with Crippen LogP contribution in [-0.2, 0) is 0 Å². The number of rotatable bonds is 5. The van der Waals surface area contributed by atoms with Gasteiger partial charge in [-0.2, -0.15) is 0 Å². The first-order valence-electron chi connectivity index (χ1n) is 19.6. The van der Waals surface area contributed by atoms with Gasteiger partial charge in [0.15, 0.2) is 0 Å². The molecule has 0 radical (unpaired) electrons. The fraction of sp³-hybridized carbons (Fsp3) is 0. The number of aromatic nitrogens is 3. The summed E-state index contributed by atoms with van der Waals surface area (Å²) in [6, 6.07) is 77.4. The summed E-state index contributed by atoms with van der Waals surface area (Å²) in [7, 11) is 0. The van der Waals surface area contributed by atoms with Crippen LogP contribution in [0.2, 0.25) is 0 Å². The highest BCUT2D eigenvalue weighted by Gasteiger charge is 2.18. The third-order valence-corrected chi connectivity index (χ3v) is 11.9. The van der Waals surface area contributed by atoms with Gasteiger partial charge in [-0.25, -0.2) is 0 Å². The lowest BCUT2D eigenvalue weighted by Gasteiger charge is -2.14. The van der Waals surface area contributed by atoms with Crippen molar-refractivity contribution in [1.29, 1.82) is 0 Å². The molecule has 3 heteroatoms. The predicted molar refractivity (Wildman–Crippen MR) is 240 cm³/mol. The van der Waals surface area contributed by atoms with E-state index in [9.17, 15) is 0 Å². The highest BCUT2D eigenvalue weighted by Crippen LogP contribution is 2.40. The summed E-state index contributed by atoms with van der Waals surface area (Å²) >= 11 is 0. The predicted octanol–water partition coefficient (Wildman–Crippen LogP) is 14.3. The third kappa shape index (κ3) is 4.79. The van der Waals surface area contributed by atoms with E-state index >= 15 is 0 Å². The molecule has 12 aromatic rings. The van der Waals surface area contributed by atoms with Crippen molar-refractivity contribution in [3.63, 3.8) is 0 Å². The molecule has 0 fully saturated rings. The molecule has 12 rings (SSSR count). The standard InChI is InChI=1S/C54H35N3/c1-2-14-39(15-3-1)55-49-22-10-7-19-44(49)46-34-37(28-32-53(46)55)36-26-30-40(31-27-36)56-50-23-11-8-20-45(50)47-35-38(29-33-54(47)56)41-16-4-9-21-48(41)57-51-24-12-5-17-42(51)43-18-6-13-25-52(43)57/h1-35H. The molecule has 9 aromatic carbocycles. The lowest BCUT2D eigenvalue weighted by atomic mass is 10.0. The molecule has 0 unspecified atom stereocenters. The maximum atomic E-state index is 2.42. The van der Waals surface area contributed by atoms with E-state index in [-0.39, 0.29) is 0 Å². The molecule has 0 saturated carbocycles. The Bertz CT molecular complexity index is 3450. The van der Waals surface area contributed by atoms with E-state index in [2.05, 4.69) is 226 Å². The van der Waals surface area contributed by atoms with E-state index in [0.29, 0.717) is 0 Å². The Balaban J connectivity index is 0.970. The number of fused-ring (bicyclic) bond motifs is 9. The van der Waals surface area contributed by atoms with Crippen LogP contribution in [-0.4, -0.2) is 13.7 Å². The molecule has 3 heterocycles. The Morgan fingerprint density at radius 3 is 1.19 bits per heavy atom. The van der Waals surface area contributed by atoms with Crippen LogP contribution in [0.3, 0.4) is 0 Å². The fourth-order valence-electron chi connectivity index (χ4n) is 9.32. The van der Waals surface area contributed by atoms with Crippen molar-refractivity contribution in [3.05, 3.63) is 212 Å². The third-order valence-electron chi connectivity index (χ3n) is 11.9. The van der Waals surface area contributed by atoms with Crippen molar-refractivity contribution in [2.24, 2.45) is 0 Å². The average Bonchev–Trinajstić information content (AvgIpc) is 3.92. The molecule has 0 atom stereocenters. The topological polar surface area (TPSA) is 14.8 Å². The molecule has 0 aliphatic carbocycles. The first-order valence-corrected chi connectivity index (χ1v) is 19.6. The number of hydrogen-bond acceptors (Lipinski definition) is 0. The summed E-state index contributed by atoms with van der Waals surface area (Å²) in [5, 5.41) is 7.54. The minimum absolute atomic E-state index is 1.14. The molecule has 0 aliphatic rings. The second kappa shape index (κ2) is 12.5. The van der Waals surface area contributed by atoms with Crippen molar-refractivity contribution in [2.45, 2.75) is 0 Å². The minimum Gasteiger partial charge on any atom is -0.309 e. The summed E-state index contributed by atoms with van der Waals surface area (Å²) in [5.74, 6) is 0. The molecular formula is C54H35N3. The zero-order chi connectivity index (χ0) is 37.5. The van der Waals surface area contributed by atoms with Crippen LogP contribution in [0.4, 0.5) is 0 Å². The molecule has 0 spiro atoms. The molecule has 0 amide bonds. The van der Waals surface area contributed by atoms with Gasteiger partial charge in [0, 0.05) is 49.3 Å². The van der Waals surface area contributed by atoms with E-state index in [1.165, 1.54) is 99.0 Å². The summed E-state index contributed by atoms with van der Waals surface area (Å²) in [6.45, 7) is 0. The summed E-state index contributed by atoms with van der Waals surface area (Å²) in [6.07, 6.45) is 0. The summed E-state index contributed by atoms with van der Waals surface area (Å²) < 4.78 is 7.20. The molecule has 266 valence electrons. The Morgan fingerprint density at radius 1 is 0.228 bits per heavy atom. The van der Waals surface area contributed by atoms with Gasteiger partial charge in [-0.3, -0.25) is 0 Å². The molecule has 3 aromatic heterocycles. The van der Waals surface area contributed by atoms with E-state index in [4.69, 9.17) is 0 Å². The van der Waals surface area contributed by atoms with Gasteiger partial charge in [0.25, 0.3) is 0 Å². The molecule has 0 saturated heterocycles. The van der Waals surface area contributed by atoms with Gasteiger partial charge < -0.3 is 13.7 Å². The monoisotopic (exact) mass is 725 g/mol. The van der Waals surface area contributed by atoms with Gasteiger partial charge in [-0.1, -0.05) is 133 Å². The van der Waals surface area contributed by atoms with Crippen molar-refractivity contribution in [1.82, 2.24) is 13.7 Å². The maximum Gasteiger partial charge on any atom is 0.0541 e. The lowest BCUT2D eigenvalue weighted by molar-refractivity contribution is 1.18. The van der Waals surface area contributed by atoms with Crippen LogP contribution < -0.4 is 0 Å². The first kappa shape index (κ1) is 31.7. The van der Waals surface area contributed by atoms with Gasteiger partial charge in [0.2, 0.25) is 0 Å². The molecule has 0 aliphatic heterocycles. The SMILES string of the molecule is c1ccc(-n2c3ccccc3c3cc(-c4ccc(-n5c6ccccc6c6cc(-c7ccccc7-n7c8ccccc8c8ccccc87)ccc65)cc4)ccc32)cc1. The van der Waals surface area contributed by atoms with Crippen molar-refractivity contribution in [3.8, 4) is 39.3 Å². The van der Waals surface area contributed by atoms with E-state index in [1.807, 2.05) is 0 Å². The second-order valence-electron chi connectivity index (χ2n) is 14.9. The van der Waals surface area contributed by atoms with Crippen LogP contribution in [0.5, 0.6) is 0 Å². The number of nitrogens with zero attached hydrogens (tertiary/aromatic N) is 3. The normalized spacial score (nSPS) is 11.9. The zero-order valence-corrected chi connectivity index (χ0v) is 31.0. The first-order chi connectivity index (χ1) is 28.3. The molecule has 3 nitrogen and oxygen atoms in total.